The van der Waals surface area contributed by atoms with Crippen molar-refractivity contribution in [2.24, 2.45) is 0 Å². The third-order valence-electron chi connectivity index (χ3n) is 0.948. The smallest absolute Gasteiger partial charge is 0.169 e. The Balaban J connectivity index is 3.19. The van der Waals surface area contributed by atoms with Crippen molar-refractivity contribution in [3.05, 3.63) is 26.9 Å². The molecule has 1 aromatic rings. The first-order valence-corrected chi connectivity index (χ1v) is 4.09. The summed E-state index contributed by atoms with van der Waals surface area (Å²) >= 11 is 6.40. The van der Waals surface area contributed by atoms with E-state index in [1.165, 1.54) is 0 Å². The van der Waals surface area contributed by atoms with Gasteiger partial charge in [0, 0.05) is 15.1 Å². The summed E-state index contributed by atoms with van der Waals surface area (Å²) in [6.07, 6.45) is 2.28. The number of hydrogen-bond donors (Lipinski definition) is 0. The van der Waals surface area contributed by atoms with E-state index in [2.05, 4.69) is 36.8 Å². The lowest BCUT2D eigenvalue weighted by atomic mass is 10.4. The maximum Gasteiger partial charge on any atom is 0.169 e. The van der Waals surface area contributed by atoms with Crippen molar-refractivity contribution in [2.45, 2.75) is 0 Å². The average Bonchev–Trinajstić information content (AvgIpc) is 1.88. The van der Waals surface area contributed by atoms with Gasteiger partial charge in [-0.25, -0.2) is 0 Å². The van der Waals surface area contributed by atoms with Crippen molar-refractivity contribution >= 4 is 38.1 Å². The summed E-state index contributed by atoms with van der Waals surface area (Å²) in [6.45, 7) is 0. The third-order valence-corrected chi connectivity index (χ3v) is 2.02. The Morgan fingerprint density at radius 3 is 2.70 bits per heavy atom. The summed E-state index contributed by atoms with van der Waals surface area (Å²) in [4.78, 5) is 14.1. The topological polar surface area (TPSA) is 30.0 Å². The van der Waals surface area contributed by atoms with Crippen molar-refractivity contribution in [3.63, 3.8) is 0 Å². The van der Waals surface area contributed by atoms with Gasteiger partial charge in [0.25, 0.3) is 0 Å². The second-order valence-corrected chi connectivity index (χ2v) is 3.41. The molecular weight excluding hydrogens is 262 g/mol. The molecule has 10 heavy (non-hydrogen) atoms. The molecule has 0 bridgehead atoms. The van der Waals surface area contributed by atoms with E-state index >= 15 is 0 Å². The molecule has 0 aliphatic carbocycles. The minimum Gasteiger partial charge on any atom is -0.296 e. The molecule has 0 aromatic carbocycles. The Morgan fingerprint density at radius 1 is 1.50 bits per heavy atom. The number of pyridine rings is 1. The van der Waals surface area contributed by atoms with Crippen LogP contribution in [0.3, 0.4) is 0 Å². The fourth-order valence-electron chi connectivity index (χ4n) is 0.512. The molecule has 52 valence electrons. The number of nitrogens with zero attached hydrogens (tertiary/aromatic N) is 1. The number of halogens is 2. The van der Waals surface area contributed by atoms with Gasteiger partial charge in [-0.15, -0.1) is 0 Å². The van der Waals surface area contributed by atoms with E-state index in [1.54, 1.807) is 12.3 Å². The molecule has 0 N–H and O–H groups in total. The summed E-state index contributed by atoms with van der Waals surface area (Å²) in [6, 6.07) is 1.77. The highest BCUT2D eigenvalue weighted by molar-refractivity contribution is 9.11. The third kappa shape index (κ3) is 1.64. The SMILES string of the molecule is O=Cc1ncc(Br)cc1Br. The molecule has 0 unspecified atom stereocenters. The average molecular weight is 265 g/mol. The van der Waals surface area contributed by atoms with Crippen LogP contribution >= 0.6 is 31.9 Å². The fourth-order valence-corrected chi connectivity index (χ4v) is 1.59. The van der Waals surface area contributed by atoms with Gasteiger partial charge in [-0.3, -0.25) is 9.78 Å². The van der Waals surface area contributed by atoms with Crippen LogP contribution < -0.4 is 0 Å². The minimum atomic E-state index is 0.420. The second kappa shape index (κ2) is 3.25. The highest BCUT2D eigenvalue weighted by atomic mass is 79.9. The normalized spacial score (nSPS) is 9.40. The lowest BCUT2D eigenvalue weighted by Gasteiger charge is -1.93. The summed E-state index contributed by atoms with van der Waals surface area (Å²) in [5, 5.41) is 0. The van der Waals surface area contributed by atoms with Gasteiger partial charge in [-0.05, 0) is 37.9 Å². The molecule has 1 heterocycles. The maximum atomic E-state index is 10.2. The molecule has 0 amide bonds. The quantitative estimate of drug-likeness (QED) is 0.730. The van der Waals surface area contributed by atoms with Gasteiger partial charge >= 0.3 is 0 Å². The molecule has 0 radical (unpaired) electrons. The highest BCUT2D eigenvalue weighted by Gasteiger charge is 1.98. The zero-order chi connectivity index (χ0) is 7.56. The summed E-state index contributed by atoms with van der Waals surface area (Å²) in [5.41, 5.74) is 0.420. The van der Waals surface area contributed by atoms with Crippen molar-refractivity contribution < 1.29 is 4.79 Å². The largest absolute Gasteiger partial charge is 0.296 e. The first-order valence-electron chi connectivity index (χ1n) is 2.50. The van der Waals surface area contributed by atoms with Gasteiger partial charge in [-0.2, -0.15) is 0 Å². The highest BCUT2D eigenvalue weighted by Crippen LogP contribution is 2.17. The molecule has 0 aliphatic heterocycles. The van der Waals surface area contributed by atoms with Gasteiger partial charge in [0.15, 0.2) is 6.29 Å². The Bertz CT molecular complexity index is 262. The number of hydrogen-bond acceptors (Lipinski definition) is 2. The fraction of sp³-hybridized carbons (Fsp3) is 0. The molecule has 0 saturated carbocycles. The molecule has 0 saturated heterocycles. The Hall–Kier alpha value is -0.220. The number of rotatable bonds is 1. The van der Waals surface area contributed by atoms with Crippen LogP contribution in [0.4, 0.5) is 0 Å². The van der Waals surface area contributed by atoms with Gasteiger partial charge < -0.3 is 0 Å². The van der Waals surface area contributed by atoms with Crippen LogP contribution in [0.2, 0.25) is 0 Å². The number of carbonyl (C=O) groups excluding carboxylic acids is 1. The van der Waals surface area contributed by atoms with Crippen LogP contribution in [-0.2, 0) is 0 Å². The van der Waals surface area contributed by atoms with E-state index in [4.69, 9.17) is 0 Å². The molecule has 0 aliphatic rings. The van der Waals surface area contributed by atoms with Crippen molar-refractivity contribution in [3.8, 4) is 0 Å². The molecule has 0 fully saturated rings. The molecular formula is C6H3Br2NO. The first-order chi connectivity index (χ1) is 4.74. The summed E-state index contributed by atoms with van der Waals surface area (Å²) < 4.78 is 1.56. The summed E-state index contributed by atoms with van der Waals surface area (Å²) in [5.74, 6) is 0. The molecule has 0 atom stereocenters. The van der Waals surface area contributed by atoms with E-state index in [9.17, 15) is 4.79 Å². The predicted octanol–water partition coefficient (Wildman–Crippen LogP) is 2.42. The monoisotopic (exact) mass is 263 g/mol. The van der Waals surface area contributed by atoms with Crippen LogP contribution in [0.25, 0.3) is 0 Å². The van der Waals surface area contributed by atoms with Gasteiger partial charge in [0.1, 0.15) is 5.69 Å². The minimum absolute atomic E-state index is 0.420. The van der Waals surface area contributed by atoms with Crippen LogP contribution in [0.5, 0.6) is 0 Å². The van der Waals surface area contributed by atoms with E-state index in [-0.39, 0.29) is 0 Å². The van der Waals surface area contributed by atoms with Crippen LogP contribution in [0.1, 0.15) is 10.5 Å². The summed E-state index contributed by atoms with van der Waals surface area (Å²) in [7, 11) is 0. The van der Waals surface area contributed by atoms with Crippen molar-refractivity contribution in [1.82, 2.24) is 4.98 Å². The van der Waals surface area contributed by atoms with Gasteiger partial charge in [0.2, 0.25) is 0 Å². The Labute approximate surface area is 74.9 Å². The number of carbonyl (C=O) groups is 1. The van der Waals surface area contributed by atoms with Gasteiger partial charge in [-0.1, -0.05) is 0 Å². The van der Waals surface area contributed by atoms with Crippen molar-refractivity contribution in [1.29, 1.82) is 0 Å². The first kappa shape index (κ1) is 7.88. The lowest BCUT2D eigenvalue weighted by Crippen LogP contribution is -1.86. The second-order valence-electron chi connectivity index (χ2n) is 1.64. The zero-order valence-electron chi connectivity index (χ0n) is 4.84. The zero-order valence-corrected chi connectivity index (χ0v) is 8.02. The Kier molecular flexibility index (Phi) is 2.56. The maximum absolute atomic E-state index is 10.2. The van der Waals surface area contributed by atoms with Crippen LogP contribution in [0.15, 0.2) is 21.2 Å². The van der Waals surface area contributed by atoms with Gasteiger partial charge in [0.05, 0.1) is 0 Å². The van der Waals surface area contributed by atoms with Crippen molar-refractivity contribution in [2.75, 3.05) is 0 Å². The molecule has 1 rings (SSSR count). The standard InChI is InChI=1S/C6H3Br2NO/c7-4-1-5(8)6(3-10)9-2-4/h1-3H. The molecule has 2 nitrogen and oxygen atoms in total. The van der Waals surface area contributed by atoms with Crippen LogP contribution in [0, 0.1) is 0 Å². The molecule has 1 aromatic heterocycles. The number of aldehydes is 1. The van der Waals surface area contributed by atoms with E-state index < -0.39 is 0 Å². The molecule has 4 heteroatoms. The van der Waals surface area contributed by atoms with E-state index in [0.717, 1.165) is 4.47 Å². The predicted molar refractivity (Wildman–Crippen MR) is 45.0 cm³/mol. The number of aromatic nitrogens is 1. The lowest BCUT2D eigenvalue weighted by molar-refractivity contribution is 0.111. The van der Waals surface area contributed by atoms with E-state index in [1.807, 2.05) is 0 Å². The van der Waals surface area contributed by atoms with Crippen LogP contribution in [-0.4, -0.2) is 11.3 Å². The molecule has 0 spiro atoms. The van der Waals surface area contributed by atoms with E-state index in [0.29, 0.717) is 16.5 Å². The Morgan fingerprint density at radius 2 is 2.20 bits per heavy atom.